The molecule has 0 radical (unpaired) electrons. The van der Waals surface area contributed by atoms with E-state index in [4.69, 9.17) is 4.74 Å². The van der Waals surface area contributed by atoms with Crippen molar-refractivity contribution in [3.05, 3.63) is 29.8 Å². The maximum atomic E-state index is 12.1. The molecule has 104 valence electrons. The Hall–Kier alpha value is -1.21. The number of hydrogen-bond donors (Lipinski definition) is 1. The summed E-state index contributed by atoms with van der Waals surface area (Å²) in [5.41, 5.74) is -3.45. The van der Waals surface area contributed by atoms with Crippen LogP contribution in [0.5, 0.6) is 0 Å². The van der Waals surface area contributed by atoms with Gasteiger partial charge in [-0.15, -0.1) is 0 Å². The fraction of sp³-hybridized carbons (Fsp3) is 0.417. The van der Waals surface area contributed by atoms with E-state index in [2.05, 4.69) is 5.32 Å². The molecule has 1 fully saturated rings. The van der Waals surface area contributed by atoms with Gasteiger partial charge in [0.2, 0.25) is 0 Å². The molecule has 0 amide bonds. The first-order valence-corrected chi connectivity index (χ1v) is 6.50. The van der Waals surface area contributed by atoms with Gasteiger partial charge in [-0.1, -0.05) is 12.1 Å². The zero-order valence-electron chi connectivity index (χ0n) is 9.87. The first-order chi connectivity index (χ1) is 8.94. The monoisotopic (exact) mass is 291 g/mol. The molecule has 1 unspecified atom stereocenters. The van der Waals surface area contributed by atoms with Gasteiger partial charge in [0, 0.05) is 17.9 Å². The molecule has 0 aromatic heterocycles. The van der Waals surface area contributed by atoms with Crippen molar-refractivity contribution >= 4 is 17.7 Å². The number of rotatable bonds is 4. The summed E-state index contributed by atoms with van der Waals surface area (Å²) in [6, 6.07) is 5.75. The van der Waals surface area contributed by atoms with E-state index >= 15 is 0 Å². The van der Waals surface area contributed by atoms with Crippen LogP contribution in [0.2, 0.25) is 0 Å². The number of thioether (sulfide) groups is 1. The average molecular weight is 291 g/mol. The van der Waals surface area contributed by atoms with Crippen LogP contribution in [0, 0.1) is 0 Å². The second-order valence-corrected chi connectivity index (χ2v) is 5.22. The van der Waals surface area contributed by atoms with Gasteiger partial charge >= 0.3 is 11.5 Å². The van der Waals surface area contributed by atoms with Crippen molar-refractivity contribution in [3.63, 3.8) is 0 Å². The molecule has 2 rings (SSSR count). The number of carbonyl (C=O) groups excluding carboxylic acids is 1. The predicted octanol–water partition coefficient (Wildman–Crippen LogP) is 2.70. The molecule has 1 aromatic carbocycles. The summed E-state index contributed by atoms with van der Waals surface area (Å²) in [6.45, 7) is 0.842. The third-order valence-corrected chi connectivity index (χ3v) is 3.38. The van der Waals surface area contributed by atoms with E-state index in [1.165, 1.54) is 12.1 Å². The number of alkyl halides is 3. The quantitative estimate of drug-likeness (QED) is 0.684. The van der Waals surface area contributed by atoms with Gasteiger partial charge in [-0.25, -0.2) is 0 Å². The van der Waals surface area contributed by atoms with Crippen molar-refractivity contribution in [2.24, 2.45) is 0 Å². The lowest BCUT2D eigenvalue weighted by atomic mass is 10.2. The van der Waals surface area contributed by atoms with Crippen LogP contribution in [-0.2, 0) is 16.1 Å². The molecule has 1 heterocycles. The van der Waals surface area contributed by atoms with E-state index < -0.39 is 5.51 Å². The Morgan fingerprint density at radius 1 is 1.32 bits per heavy atom. The zero-order chi connectivity index (χ0) is 13.9. The lowest BCUT2D eigenvalue weighted by Crippen LogP contribution is -2.32. The molecule has 1 aliphatic rings. The Morgan fingerprint density at radius 3 is 2.53 bits per heavy atom. The number of carbonyl (C=O) groups is 1. The molecule has 7 heteroatoms. The second kappa shape index (κ2) is 5.83. The van der Waals surface area contributed by atoms with E-state index in [1.807, 2.05) is 0 Å². The predicted molar refractivity (Wildman–Crippen MR) is 64.6 cm³/mol. The Balaban J connectivity index is 1.86. The van der Waals surface area contributed by atoms with Crippen LogP contribution in [0.25, 0.3) is 0 Å². The molecular formula is C12H12F3NO2S. The molecule has 0 saturated carbocycles. The molecule has 3 nitrogen and oxygen atoms in total. The van der Waals surface area contributed by atoms with E-state index in [9.17, 15) is 18.0 Å². The Bertz CT molecular complexity index is 447. The van der Waals surface area contributed by atoms with Crippen LogP contribution >= 0.6 is 11.8 Å². The van der Waals surface area contributed by atoms with E-state index in [0.717, 1.165) is 5.56 Å². The van der Waals surface area contributed by atoms with Crippen LogP contribution in [0.15, 0.2) is 29.2 Å². The van der Waals surface area contributed by atoms with Gasteiger partial charge in [0.25, 0.3) is 0 Å². The number of nitrogens with one attached hydrogen (secondary N) is 1. The highest BCUT2D eigenvalue weighted by atomic mass is 32.2. The Labute approximate surface area is 112 Å². The number of benzene rings is 1. The fourth-order valence-electron chi connectivity index (χ4n) is 1.73. The van der Waals surface area contributed by atoms with E-state index in [-0.39, 0.29) is 28.7 Å². The van der Waals surface area contributed by atoms with Crippen molar-refractivity contribution in [1.82, 2.24) is 5.32 Å². The van der Waals surface area contributed by atoms with Crippen molar-refractivity contribution < 1.29 is 22.7 Å². The highest BCUT2D eigenvalue weighted by Gasteiger charge is 2.29. The topological polar surface area (TPSA) is 38.3 Å². The first kappa shape index (κ1) is 14.2. The smallest absolute Gasteiger partial charge is 0.446 e. The minimum Gasteiger partial charge on any atom is -0.464 e. The molecule has 1 aliphatic heterocycles. The fourth-order valence-corrected chi connectivity index (χ4v) is 2.27. The third kappa shape index (κ3) is 4.43. The van der Waals surface area contributed by atoms with Crippen LogP contribution in [0.4, 0.5) is 13.2 Å². The molecule has 19 heavy (non-hydrogen) atoms. The summed E-state index contributed by atoms with van der Waals surface area (Å²) in [4.78, 5) is 11.3. The third-order valence-electron chi connectivity index (χ3n) is 2.64. The van der Waals surface area contributed by atoms with Crippen LogP contribution in [0.3, 0.4) is 0 Å². The standard InChI is InChI=1S/C12H12F3NO2S/c13-12(14,15)19-9-3-1-8(2-4-9)7-16-10-5-6-18-11(10)17/h1-4,10,16H,5-7H2. The van der Waals surface area contributed by atoms with Crippen molar-refractivity contribution in [2.45, 2.75) is 29.4 Å². The van der Waals surface area contributed by atoms with Gasteiger partial charge in [0.1, 0.15) is 6.04 Å². The molecule has 1 atom stereocenters. The Morgan fingerprint density at radius 2 is 2.00 bits per heavy atom. The van der Waals surface area contributed by atoms with Crippen molar-refractivity contribution in [1.29, 1.82) is 0 Å². The maximum Gasteiger partial charge on any atom is 0.446 e. The summed E-state index contributed by atoms with van der Waals surface area (Å²) in [7, 11) is 0. The van der Waals surface area contributed by atoms with Crippen molar-refractivity contribution in [2.75, 3.05) is 6.61 Å². The van der Waals surface area contributed by atoms with Gasteiger partial charge < -0.3 is 10.1 Å². The summed E-state index contributed by atoms with van der Waals surface area (Å²) in [5.74, 6) is -0.274. The maximum absolute atomic E-state index is 12.1. The summed E-state index contributed by atoms with van der Waals surface area (Å²) >= 11 is -0.141. The SMILES string of the molecule is O=C1OCCC1NCc1ccc(SC(F)(F)F)cc1. The van der Waals surface area contributed by atoms with Crippen LogP contribution < -0.4 is 5.32 Å². The van der Waals surface area contributed by atoms with E-state index in [0.29, 0.717) is 19.6 Å². The minimum atomic E-state index is -4.27. The molecular weight excluding hydrogens is 279 g/mol. The first-order valence-electron chi connectivity index (χ1n) is 5.69. The van der Waals surface area contributed by atoms with Crippen LogP contribution in [0.1, 0.15) is 12.0 Å². The van der Waals surface area contributed by atoms with Gasteiger partial charge in [0.15, 0.2) is 0 Å². The lowest BCUT2D eigenvalue weighted by molar-refractivity contribution is -0.139. The highest BCUT2D eigenvalue weighted by Crippen LogP contribution is 2.36. The van der Waals surface area contributed by atoms with Crippen LogP contribution in [-0.4, -0.2) is 24.1 Å². The molecule has 1 N–H and O–H groups in total. The second-order valence-electron chi connectivity index (χ2n) is 4.08. The van der Waals surface area contributed by atoms with Gasteiger partial charge in [-0.3, -0.25) is 4.79 Å². The minimum absolute atomic E-state index is 0.141. The number of ether oxygens (including phenoxy) is 1. The van der Waals surface area contributed by atoms with Gasteiger partial charge in [-0.05, 0) is 29.5 Å². The Kier molecular flexibility index (Phi) is 4.36. The van der Waals surface area contributed by atoms with Gasteiger partial charge in [0.05, 0.1) is 6.61 Å². The summed E-state index contributed by atoms with van der Waals surface area (Å²) < 4.78 is 41.2. The summed E-state index contributed by atoms with van der Waals surface area (Å²) in [6.07, 6.45) is 0.626. The average Bonchev–Trinajstić information content (AvgIpc) is 2.72. The van der Waals surface area contributed by atoms with Gasteiger partial charge in [-0.2, -0.15) is 13.2 Å². The molecule has 0 aliphatic carbocycles. The molecule has 0 spiro atoms. The number of hydrogen-bond acceptors (Lipinski definition) is 4. The van der Waals surface area contributed by atoms with Crippen molar-refractivity contribution in [3.8, 4) is 0 Å². The zero-order valence-corrected chi connectivity index (χ0v) is 10.7. The number of halogens is 3. The largest absolute Gasteiger partial charge is 0.464 e. The molecule has 0 bridgehead atoms. The molecule has 1 aromatic rings. The molecule has 1 saturated heterocycles. The summed E-state index contributed by atoms with van der Waals surface area (Å²) in [5, 5.41) is 3.01. The highest BCUT2D eigenvalue weighted by molar-refractivity contribution is 8.00. The number of esters is 1. The lowest BCUT2D eigenvalue weighted by Gasteiger charge is -2.09. The number of cyclic esters (lactones) is 1. The normalized spacial score (nSPS) is 19.5. The van der Waals surface area contributed by atoms with E-state index in [1.54, 1.807) is 12.1 Å².